The van der Waals surface area contributed by atoms with Gasteiger partial charge in [0, 0.05) is 4.47 Å². The molecule has 1 atom stereocenters. The van der Waals surface area contributed by atoms with E-state index in [0.717, 1.165) is 38.2 Å². The molecule has 0 spiro atoms. The number of ether oxygens (including phenoxy) is 5. The van der Waals surface area contributed by atoms with Crippen LogP contribution < -0.4 is 14.2 Å². The van der Waals surface area contributed by atoms with Gasteiger partial charge in [-0.3, -0.25) is 0 Å². The quantitative estimate of drug-likeness (QED) is 0.0902. The van der Waals surface area contributed by atoms with E-state index in [-0.39, 0.29) is 13.2 Å². The second kappa shape index (κ2) is 15.3. The summed E-state index contributed by atoms with van der Waals surface area (Å²) in [5.74, 6) is 1.42. The summed E-state index contributed by atoms with van der Waals surface area (Å²) in [6, 6.07) is 38.0. The first-order valence-electron chi connectivity index (χ1n) is 14.7. The van der Waals surface area contributed by atoms with E-state index >= 15 is 0 Å². The topological polar surface area (TPSA) is 63.2 Å². The van der Waals surface area contributed by atoms with Crippen molar-refractivity contribution in [2.24, 2.45) is 0 Å². The molecule has 6 nitrogen and oxygen atoms in total. The lowest BCUT2D eigenvalue weighted by atomic mass is 9.80. The fourth-order valence-electron chi connectivity index (χ4n) is 5.14. The van der Waals surface area contributed by atoms with Gasteiger partial charge in [0.2, 0.25) is 0 Å². The predicted molar refractivity (Wildman–Crippen MR) is 183 cm³/mol. The molecule has 0 N–H and O–H groups in total. The molecule has 0 saturated carbocycles. The van der Waals surface area contributed by atoms with Crippen molar-refractivity contribution in [3.05, 3.63) is 159 Å². The average Bonchev–Trinajstić information content (AvgIpc) is 3.12. The van der Waals surface area contributed by atoms with Crippen LogP contribution in [0.3, 0.4) is 0 Å². The summed E-state index contributed by atoms with van der Waals surface area (Å²) >= 11 is 10.2. The number of carbonyl (C=O) groups excluding carboxylic acids is 1. The van der Waals surface area contributed by atoms with Crippen LogP contribution in [-0.2, 0) is 15.1 Å². The zero-order chi connectivity index (χ0) is 32.5. The lowest BCUT2D eigenvalue weighted by molar-refractivity contribution is -0.0484. The molecule has 236 valence electrons. The molecule has 1 unspecified atom stereocenters. The summed E-state index contributed by atoms with van der Waals surface area (Å²) in [5, 5.41) is 0.452. The van der Waals surface area contributed by atoms with E-state index < -0.39 is 17.7 Å². The Bertz CT molecular complexity index is 1680. The number of halogens is 2. The highest BCUT2D eigenvalue weighted by atomic mass is 79.9. The van der Waals surface area contributed by atoms with Gasteiger partial charge in [-0.15, -0.1) is 0 Å². The molecular formula is C38H34BrClO6. The number of hydrogen-bond donors (Lipinski definition) is 0. The Morgan fingerprint density at radius 1 is 0.717 bits per heavy atom. The van der Waals surface area contributed by atoms with Crippen LogP contribution in [0.2, 0.25) is 5.02 Å². The lowest BCUT2D eigenvalue weighted by Gasteiger charge is -2.37. The van der Waals surface area contributed by atoms with Crippen molar-refractivity contribution in [3.63, 3.8) is 0 Å². The van der Waals surface area contributed by atoms with Crippen molar-refractivity contribution in [2.45, 2.75) is 18.6 Å². The van der Waals surface area contributed by atoms with Crippen LogP contribution in [0.4, 0.5) is 0 Å². The Hall–Kier alpha value is -4.30. The monoisotopic (exact) mass is 700 g/mol. The third kappa shape index (κ3) is 7.39. The van der Waals surface area contributed by atoms with Crippen LogP contribution in [0.1, 0.15) is 32.6 Å². The van der Waals surface area contributed by atoms with Crippen molar-refractivity contribution < 1.29 is 28.5 Å². The maximum atomic E-state index is 13.0. The van der Waals surface area contributed by atoms with Gasteiger partial charge >= 0.3 is 5.97 Å². The second-order valence-corrected chi connectivity index (χ2v) is 11.7. The van der Waals surface area contributed by atoms with E-state index in [4.69, 9.17) is 35.3 Å². The molecule has 0 radical (unpaired) electrons. The van der Waals surface area contributed by atoms with Crippen LogP contribution in [0.5, 0.6) is 17.2 Å². The zero-order valence-corrected chi connectivity index (χ0v) is 28.1. The van der Waals surface area contributed by atoms with Gasteiger partial charge in [-0.05, 0) is 77.7 Å². The van der Waals surface area contributed by atoms with E-state index in [2.05, 4.69) is 15.9 Å². The van der Waals surface area contributed by atoms with Crippen molar-refractivity contribution in [1.82, 2.24) is 0 Å². The maximum absolute atomic E-state index is 13.0. The van der Waals surface area contributed by atoms with Crippen LogP contribution in [0.15, 0.2) is 126 Å². The standard InChI is InChI=1S/C38H34BrClO6/c1-26-34(39)22-23-35(36(26)40)46-33(24-44-37(41)27-10-6-4-7-11-27)25-45-38(28-12-8-5-9-13-28,29-14-18-31(42-2)19-15-29)30-16-20-32(43-3)21-17-30/h4-23,33H,24-25H2,1-3H3. The summed E-state index contributed by atoms with van der Waals surface area (Å²) in [5.41, 5.74) is 2.79. The van der Waals surface area contributed by atoms with Crippen molar-refractivity contribution in [2.75, 3.05) is 27.4 Å². The van der Waals surface area contributed by atoms with Crippen molar-refractivity contribution in [3.8, 4) is 17.2 Å². The van der Waals surface area contributed by atoms with Gasteiger partial charge in [0.1, 0.15) is 29.5 Å². The molecule has 0 aromatic heterocycles. The third-order valence-corrected chi connectivity index (χ3v) is 8.98. The normalized spacial score (nSPS) is 11.8. The lowest BCUT2D eigenvalue weighted by Crippen LogP contribution is -2.39. The number of hydrogen-bond acceptors (Lipinski definition) is 6. The first-order chi connectivity index (χ1) is 22.3. The minimum Gasteiger partial charge on any atom is -0.497 e. The van der Waals surface area contributed by atoms with E-state index in [1.54, 1.807) is 44.6 Å². The average molecular weight is 702 g/mol. The molecule has 0 aliphatic carbocycles. The highest BCUT2D eigenvalue weighted by Crippen LogP contribution is 2.42. The van der Waals surface area contributed by atoms with Crippen molar-refractivity contribution in [1.29, 1.82) is 0 Å². The Morgan fingerprint density at radius 2 is 1.24 bits per heavy atom. The number of esters is 1. The van der Waals surface area contributed by atoms with E-state index in [0.29, 0.717) is 16.3 Å². The highest BCUT2D eigenvalue weighted by molar-refractivity contribution is 9.10. The van der Waals surface area contributed by atoms with Gasteiger partial charge in [-0.2, -0.15) is 0 Å². The SMILES string of the molecule is COc1ccc(C(OCC(COC(=O)c2ccccc2)Oc2ccc(Br)c(C)c2Cl)(c2ccccc2)c2ccc(OC)cc2)cc1. The summed E-state index contributed by atoms with van der Waals surface area (Å²) in [6.07, 6.45) is -0.731. The van der Waals surface area contributed by atoms with Crippen LogP contribution >= 0.6 is 27.5 Å². The van der Waals surface area contributed by atoms with E-state index in [9.17, 15) is 4.79 Å². The summed E-state index contributed by atoms with van der Waals surface area (Å²) < 4.78 is 31.1. The first kappa shape index (κ1) is 33.1. The number of methoxy groups -OCH3 is 2. The molecular weight excluding hydrogens is 668 g/mol. The minimum atomic E-state index is -1.09. The fourth-order valence-corrected chi connectivity index (χ4v) is 5.80. The first-order valence-corrected chi connectivity index (χ1v) is 15.8. The third-order valence-electron chi connectivity index (χ3n) is 7.65. The maximum Gasteiger partial charge on any atom is 0.338 e. The molecule has 0 fully saturated rings. The van der Waals surface area contributed by atoms with Gasteiger partial charge in [0.05, 0.1) is 31.4 Å². The van der Waals surface area contributed by atoms with Gasteiger partial charge in [0.15, 0.2) is 6.10 Å². The predicted octanol–water partition coefficient (Wildman–Crippen LogP) is 9.04. The molecule has 0 heterocycles. The number of benzene rings is 5. The van der Waals surface area contributed by atoms with Crippen LogP contribution in [-0.4, -0.2) is 39.5 Å². The minimum absolute atomic E-state index is 0.0282. The number of rotatable bonds is 13. The van der Waals surface area contributed by atoms with Gasteiger partial charge in [0.25, 0.3) is 0 Å². The largest absolute Gasteiger partial charge is 0.497 e. The summed E-state index contributed by atoms with van der Waals surface area (Å²) in [6.45, 7) is 1.84. The van der Waals surface area contributed by atoms with Crippen LogP contribution in [0, 0.1) is 6.92 Å². The van der Waals surface area contributed by atoms with Gasteiger partial charge in [-0.1, -0.05) is 100 Å². The molecule has 0 amide bonds. The molecule has 5 aromatic carbocycles. The fraction of sp³-hybridized carbons (Fsp3) is 0.184. The highest BCUT2D eigenvalue weighted by Gasteiger charge is 2.39. The zero-order valence-electron chi connectivity index (χ0n) is 25.7. The van der Waals surface area contributed by atoms with Gasteiger partial charge < -0.3 is 23.7 Å². The summed E-state index contributed by atoms with van der Waals surface area (Å²) in [7, 11) is 3.26. The second-order valence-electron chi connectivity index (χ2n) is 10.5. The Kier molecular flexibility index (Phi) is 11.0. The van der Waals surface area contributed by atoms with E-state index in [1.807, 2.05) is 97.9 Å². The van der Waals surface area contributed by atoms with Gasteiger partial charge in [-0.25, -0.2) is 4.79 Å². The van der Waals surface area contributed by atoms with E-state index in [1.165, 1.54) is 0 Å². The Labute approximate surface area is 282 Å². The molecule has 46 heavy (non-hydrogen) atoms. The van der Waals surface area contributed by atoms with Crippen LogP contribution in [0.25, 0.3) is 0 Å². The molecule has 0 bridgehead atoms. The molecule has 0 aliphatic heterocycles. The summed E-state index contributed by atoms with van der Waals surface area (Å²) in [4.78, 5) is 13.0. The molecule has 0 saturated heterocycles. The Morgan fingerprint density at radius 3 is 1.78 bits per heavy atom. The molecule has 0 aliphatic rings. The van der Waals surface area contributed by atoms with Crippen molar-refractivity contribution >= 4 is 33.5 Å². The molecule has 8 heteroatoms. The molecule has 5 aromatic rings. The smallest absolute Gasteiger partial charge is 0.338 e. The Balaban J connectivity index is 1.56. The number of carbonyl (C=O) groups is 1. The molecule has 5 rings (SSSR count).